The number of carboxylic acids is 1. The zero-order valence-electron chi connectivity index (χ0n) is 19.7. The number of benzene rings is 2. The summed E-state index contributed by atoms with van der Waals surface area (Å²) in [4.78, 5) is 20.5. The molecule has 0 saturated carbocycles. The highest BCUT2D eigenvalue weighted by Gasteiger charge is 2.33. The quantitative estimate of drug-likeness (QED) is 0.403. The molecule has 11 heteroatoms. The molecule has 0 radical (unpaired) electrons. The van der Waals surface area contributed by atoms with E-state index in [0.29, 0.717) is 54.9 Å². The highest BCUT2D eigenvalue weighted by Crippen LogP contribution is 2.34. The summed E-state index contributed by atoms with van der Waals surface area (Å²) in [6.07, 6.45) is -0.902. The molecule has 1 fully saturated rings. The minimum absolute atomic E-state index is 0.320. The zero-order chi connectivity index (χ0) is 26.0. The van der Waals surface area contributed by atoms with Crippen LogP contribution in [0.25, 0.3) is 16.6 Å². The van der Waals surface area contributed by atoms with Crippen molar-refractivity contribution in [2.75, 3.05) is 31.1 Å². The van der Waals surface area contributed by atoms with Crippen molar-refractivity contribution in [1.29, 1.82) is 0 Å². The van der Waals surface area contributed by atoms with E-state index in [-0.39, 0.29) is 5.75 Å². The predicted octanol–water partition coefficient (Wildman–Crippen LogP) is 4.66. The van der Waals surface area contributed by atoms with Gasteiger partial charge in [-0.1, -0.05) is 24.3 Å². The van der Waals surface area contributed by atoms with Crippen LogP contribution in [0.15, 0.2) is 73.1 Å². The number of hydrogen-bond donors (Lipinski definition) is 1. The Kier molecular flexibility index (Phi) is 6.70. The van der Waals surface area contributed by atoms with E-state index < -0.39 is 18.4 Å². The molecule has 2 aromatic heterocycles. The first-order valence-electron chi connectivity index (χ1n) is 11.8. The molecule has 3 heterocycles. The third-order valence-electron chi connectivity index (χ3n) is 6.27. The lowest BCUT2D eigenvalue weighted by molar-refractivity contribution is -0.274. The van der Waals surface area contributed by atoms with E-state index in [9.17, 15) is 23.1 Å². The maximum absolute atomic E-state index is 12.9. The van der Waals surface area contributed by atoms with E-state index in [0.717, 1.165) is 5.69 Å². The van der Waals surface area contributed by atoms with E-state index in [1.54, 1.807) is 35.3 Å². The van der Waals surface area contributed by atoms with Crippen LogP contribution < -0.4 is 9.64 Å². The lowest BCUT2D eigenvalue weighted by atomic mass is 10.1. The van der Waals surface area contributed by atoms with Gasteiger partial charge in [0.05, 0.1) is 22.6 Å². The number of carbonyl (C=O) groups is 1. The number of carboxylic acid groups (broad SMARTS) is 1. The van der Waals surface area contributed by atoms with Crippen molar-refractivity contribution in [3.63, 3.8) is 0 Å². The van der Waals surface area contributed by atoms with Crippen LogP contribution in [-0.4, -0.2) is 63.3 Å². The number of fused-ring (bicyclic) bond motifs is 1. The molecule has 1 aliphatic heterocycles. The van der Waals surface area contributed by atoms with Crippen LogP contribution in [0.4, 0.5) is 18.9 Å². The first-order valence-corrected chi connectivity index (χ1v) is 11.8. The number of pyridine rings is 1. The van der Waals surface area contributed by atoms with Gasteiger partial charge in [0.15, 0.2) is 6.04 Å². The summed E-state index contributed by atoms with van der Waals surface area (Å²) in [5.41, 5.74) is 2.30. The predicted molar refractivity (Wildman–Crippen MR) is 131 cm³/mol. The van der Waals surface area contributed by atoms with Gasteiger partial charge in [-0.25, -0.2) is 4.68 Å². The van der Waals surface area contributed by atoms with Crippen molar-refractivity contribution in [3.05, 3.63) is 78.8 Å². The molecule has 2 aromatic carbocycles. The Labute approximate surface area is 210 Å². The molecule has 1 aliphatic rings. The average Bonchev–Trinajstić information content (AvgIpc) is 3.21. The topological polar surface area (TPSA) is 83.7 Å². The lowest BCUT2D eigenvalue weighted by Crippen LogP contribution is -2.37. The Morgan fingerprint density at radius 2 is 1.81 bits per heavy atom. The molecule has 4 aromatic rings. The normalized spacial score (nSPS) is 15.9. The second-order valence-electron chi connectivity index (χ2n) is 8.70. The van der Waals surface area contributed by atoms with Gasteiger partial charge in [-0.15, -0.1) is 13.2 Å². The monoisotopic (exact) mass is 511 g/mol. The molecule has 0 amide bonds. The Morgan fingerprint density at radius 3 is 2.57 bits per heavy atom. The molecular formula is C26H24F3N5O3. The number of nitrogens with zero attached hydrogens (tertiary/aromatic N) is 5. The Morgan fingerprint density at radius 1 is 1.00 bits per heavy atom. The third kappa shape index (κ3) is 5.51. The molecule has 1 atom stereocenters. The highest BCUT2D eigenvalue weighted by atomic mass is 19.4. The summed E-state index contributed by atoms with van der Waals surface area (Å²) in [5, 5.41) is 15.1. The number of aromatic nitrogens is 3. The SMILES string of the molecule is O=C(O)C(c1ccn(-c2ccccc2)n1)N1CCCN(c2cc(OC(F)(F)F)cc3cccnc23)CC1. The Balaban J connectivity index is 1.40. The van der Waals surface area contributed by atoms with Crippen molar-refractivity contribution < 1.29 is 27.8 Å². The van der Waals surface area contributed by atoms with Gasteiger partial charge in [0.1, 0.15) is 5.75 Å². The molecule has 37 heavy (non-hydrogen) atoms. The van der Waals surface area contributed by atoms with Crippen molar-refractivity contribution >= 4 is 22.6 Å². The molecule has 1 saturated heterocycles. The standard InChI is InChI=1S/C26H24F3N5O3/c27-26(28,29)37-20-16-18-6-4-10-30-23(18)22(17-20)32-11-5-12-33(15-14-32)24(25(35)36)21-9-13-34(31-21)19-7-2-1-3-8-19/h1-4,6-10,13,16-17,24H,5,11-12,14-15H2,(H,35,36). The lowest BCUT2D eigenvalue weighted by Gasteiger charge is -2.27. The largest absolute Gasteiger partial charge is 0.573 e. The maximum Gasteiger partial charge on any atom is 0.573 e. The van der Waals surface area contributed by atoms with Gasteiger partial charge in [0.25, 0.3) is 0 Å². The van der Waals surface area contributed by atoms with E-state index in [4.69, 9.17) is 0 Å². The van der Waals surface area contributed by atoms with Crippen molar-refractivity contribution in [1.82, 2.24) is 19.7 Å². The number of aliphatic carboxylic acids is 1. The molecule has 1 unspecified atom stereocenters. The van der Waals surface area contributed by atoms with Crippen LogP contribution >= 0.6 is 0 Å². The van der Waals surface area contributed by atoms with Crippen LogP contribution in [0.2, 0.25) is 0 Å². The molecule has 5 rings (SSSR count). The smallest absolute Gasteiger partial charge is 0.480 e. The van der Waals surface area contributed by atoms with Crippen LogP contribution in [0, 0.1) is 0 Å². The molecule has 8 nitrogen and oxygen atoms in total. The van der Waals surface area contributed by atoms with Gasteiger partial charge in [-0.05, 0) is 36.8 Å². The number of para-hydroxylation sites is 1. The van der Waals surface area contributed by atoms with Gasteiger partial charge in [0, 0.05) is 50.0 Å². The minimum atomic E-state index is -4.82. The van der Waals surface area contributed by atoms with Gasteiger partial charge < -0.3 is 14.7 Å². The second kappa shape index (κ2) is 10.1. The first-order chi connectivity index (χ1) is 17.8. The summed E-state index contributed by atoms with van der Waals surface area (Å²) in [7, 11) is 0. The van der Waals surface area contributed by atoms with Gasteiger partial charge in [0.2, 0.25) is 0 Å². The van der Waals surface area contributed by atoms with E-state index in [1.807, 2.05) is 40.1 Å². The number of alkyl halides is 3. The van der Waals surface area contributed by atoms with Crippen LogP contribution in [-0.2, 0) is 4.79 Å². The van der Waals surface area contributed by atoms with Gasteiger partial charge in [-0.2, -0.15) is 5.10 Å². The fourth-order valence-electron chi connectivity index (χ4n) is 4.69. The van der Waals surface area contributed by atoms with E-state index in [2.05, 4.69) is 14.8 Å². The minimum Gasteiger partial charge on any atom is -0.480 e. The molecule has 1 N–H and O–H groups in total. The molecule has 0 bridgehead atoms. The number of rotatable bonds is 6. The number of hydrogen-bond acceptors (Lipinski definition) is 6. The average molecular weight is 512 g/mol. The van der Waals surface area contributed by atoms with Crippen molar-refractivity contribution in [2.45, 2.75) is 18.8 Å². The first kappa shape index (κ1) is 24.6. The maximum atomic E-state index is 12.9. The third-order valence-corrected chi connectivity index (χ3v) is 6.27. The van der Waals surface area contributed by atoms with Crippen LogP contribution in [0.1, 0.15) is 18.2 Å². The Bertz CT molecular complexity index is 1390. The number of halogens is 3. The summed E-state index contributed by atoms with van der Waals surface area (Å²) in [6.45, 7) is 1.76. The second-order valence-corrected chi connectivity index (χ2v) is 8.70. The fraction of sp³-hybridized carbons (Fsp3) is 0.269. The summed E-state index contributed by atoms with van der Waals surface area (Å²) in [5.74, 6) is -1.33. The molecular weight excluding hydrogens is 487 g/mol. The summed E-state index contributed by atoms with van der Waals surface area (Å²) < 4.78 is 44.7. The van der Waals surface area contributed by atoms with Crippen LogP contribution in [0.5, 0.6) is 5.75 Å². The highest BCUT2D eigenvalue weighted by molar-refractivity contribution is 5.92. The van der Waals surface area contributed by atoms with Crippen LogP contribution in [0.3, 0.4) is 0 Å². The van der Waals surface area contributed by atoms with Crippen molar-refractivity contribution in [2.24, 2.45) is 0 Å². The van der Waals surface area contributed by atoms with E-state index >= 15 is 0 Å². The van der Waals surface area contributed by atoms with Gasteiger partial charge in [-0.3, -0.25) is 14.7 Å². The number of ether oxygens (including phenoxy) is 1. The Hall–Kier alpha value is -4.12. The zero-order valence-corrected chi connectivity index (χ0v) is 19.7. The molecule has 0 spiro atoms. The molecule has 192 valence electrons. The van der Waals surface area contributed by atoms with E-state index in [1.165, 1.54) is 12.1 Å². The van der Waals surface area contributed by atoms with Gasteiger partial charge >= 0.3 is 12.3 Å². The number of anilines is 1. The van der Waals surface area contributed by atoms with Crippen molar-refractivity contribution in [3.8, 4) is 11.4 Å². The fourth-order valence-corrected chi connectivity index (χ4v) is 4.69. The summed E-state index contributed by atoms with van der Waals surface area (Å²) >= 11 is 0. The summed E-state index contributed by atoms with van der Waals surface area (Å²) in [6, 6.07) is 16.1. The molecule has 0 aliphatic carbocycles.